The summed E-state index contributed by atoms with van der Waals surface area (Å²) < 4.78 is 0.594. The molecule has 0 aliphatic heterocycles. The van der Waals surface area contributed by atoms with Crippen molar-refractivity contribution in [3.05, 3.63) is 38.3 Å². The molecule has 1 saturated carbocycles. The Balaban J connectivity index is 2.28. The van der Waals surface area contributed by atoms with Crippen molar-refractivity contribution in [1.82, 2.24) is 0 Å². The van der Waals surface area contributed by atoms with Gasteiger partial charge in [0.2, 0.25) is 0 Å². The molecule has 2 N–H and O–H groups in total. The van der Waals surface area contributed by atoms with Crippen LogP contribution in [-0.2, 0) is 6.42 Å². The van der Waals surface area contributed by atoms with Gasteiger partial charge in [-0.3, -0.25) is 10.1 Å². The summed E-state index contributed by atoms with van der Waals surface area (Å²) in [5.74, 6) is 0. The van der Waals surface area contributed by atoms with E-state index in [0.717, 1.165) is 24.8 Å². The summed E-state index contributed by atoms with van der Waals surface area (Å²) in [5.41, 5.74) is 7.24. The molecule has 1 atom stereocenters. The molecule has 1 fully saturated rings. The van der Waals surface area contributed by atoms with E-state index in [0.29, 0.717) is 4.47 Å². The summed E-state index contributed by atoms with van der Waals surface area (Å²) in [4.78, 5) is 10.5. The first-order chi connectivity index (χ1) is 7.96. The van der Waals surface area contributed by atoms with Crippen molar-refractivity contribution in [3.63, 3.8) is 0 Å². The molecule has 0 aromatic heterocycles. The Morgan fingerprint density at radius 3 is 2.71 bits per heavy atom. The standard InChI is InChI=1S/C12H15BrN2O2/c1-8(14)12(5-6-12)7-9-3-2-4-10(11(9)13)15(16)17/h2-4,8H,5-7,14H2,1H3. The molecule has 0 amide bonds. The fourth-order valence-corrected chi connectivity index (χ4v) is 2.73. The van der Waals surface area contributed by atoms with E-state index in [9.17, 15) is 10.1 Å². The number of nitrogens with zero attached hydrogens (tertiary/aromatic N) is 1. The van der Waals surface area contributed by atoms with Gasteiger partial charge in [-0.05, 0) is 53.1 Å². The maximum atomic E-state index is 10.8. The third-order valence-electron chi connectivity index (χ3n) is 3.66. The van der Waals surface area contributed by atoms with E-state index in [1.165, 1.54) is 6.07 Å². The lowest BCUT2D eigenvalue weighted by atomic mass is 9.90. The van der Waals surface area contributed by atoms with Gasteiger partial charge in [0.15, 0.2) is 0 Å². The van der Waals surface area contributed by atoms with E-state index in [4.69, 9.17) is 5.73 Å². The predicted octanol–water partition coefficient (Wildman–Crippen LogP) is 3.03. The zero-order chi connectivity index (χ0) is 12.6. The smallest absolute Gasteiger partial charge is 0.283 e. The maximum absolute atomic E-state index is 10.8. The van der Waals surface area contributed by atoms with Gasteiger partial charge in [-0.25, -0.2) is 0 Å². The molecule has 17 heavy (non-hydrogen) atoms. The second-order valence-electron chi connectivity index (χ2n) is 4.84. The number of nitro benzene ring substituents is 1. The van der Waals surface area contributed by atoms with Gasteiger partial charge >= 0.3 is 0 Å². The summed E-state index contributed by atoms with van der Waals surface area (Å²) in [5, 5.41) is 10.8. The first-order valence-corrected chi connectivity index (χ1v) is 6.43. The monoisotopic (exact) mass is 298 g/mol. The van der Waals surface area contributed by atoms with Gasteiger partial charge in [-0.1, -0.05) is 12.1 Å². The van der Waals surface area contributed by atoms with Gasteiger partial charge in [-0.2, -0.15) is 0 Å². The molecule has 1 aromatic rings. The molecule has 92 valence electrons. The van der Waals surface area contributed by atoms with Crippen LogP contribution in [0.25, 0.3) is 0 Å². The molecule has 4 nitrogen and oxygen atoms in total. The number of rotatable bonds is 4. The lowest BCUT2D eigenvalue weighted by Gasteiger charge is -2.20. The molecule has 0 radical (unpaired) electrons. The topological polar surface area (TPSA) is 69.2 Å². The predicted molar refractivity (Wildman–Crippen MR) is 69.8 cm³/mol. The second kappa shape index (κ2) is 4.38. The third-order valence-corrected chi connectivity index (χ3v) is 4.57. The van der Waals surface area contributed by atoms with Crippen molar-refractivity contribution >= 4 is 21.6 Å². The van der Waals surface area contributed by atoms with E-state index in [2.05, 4.69) is 15.9 Å². The van der Waals surface area contributed by atoms with Crippen LogP contribution < -0.4 is 5.73 Å². The molecular formula is C12H15BrN2O2. The van der Waals surface area contributed by atoms with Crippen molar-refractivity contribution in [2.24, 2.45) is 11.1 Å². The third kappa shape index (κ3) is 2.35. The van der Waals surface area contributed by atoms with Gasteiger partial charge in [0, 0.05) is 12.1 Å². The van der Waals surface area contributed by atoms with Crippen LogP contribution >= 0.6 is 15.9 Å². The number of benzene rings is 1. The molecule has 1 aromatic carbocycles. The minimum atomic E-state index is -0.362. The minimum absolute atomic E-state index is 0.128. The number of halogens is 1. The summed E-state index contributed by atoms with van der Waals surface area (Å²) in [6, 6.07) is 5.31. The Morgan fingerprint density at radius 2 is 2.24 bits per heavy atom. The van der Waals surface area contributed by atoms with Crippen molar-refractivity contribution in [2.45, 2.75) is 32.2 Å². The summed E-state index contributed by atoms with van der Waals surface area (Å²) in [6.07, 6.45) is 3.03. The van der Waals surface area contributed by atoms with Crippen molar-refractivity contribution < 1.29 is 4.92 Å². The Labute approximate surface area is 108 Å². The van der Waals surface area contributed by atoms with Gasteiger partial charge < -0.3 is 5.73 Å². The Kier molecular flexibility index (Phi) is 3.23. The van der Waals surface area contributed by atoms with E-state index in [1.54, 1.807) is 6.07 Å². The molecule has 1 aliphatic rings. The Morgan fingerprint density at radius 1 is 1.59 bits per heavy atom. The van der Waals surface area contributed by atoms with Gasteiger partial charge in [0.25, 0.3) is 5.69 Å². The fourth-order valence-electron chi connectivity index (χ4n) is 2.18. The van der Waals surface area contributed by atoms with Crippen LogP contribution in [0.15, 0.2) is 22.7 Å². The van der Waals surface area contributed by atoms with Crippen molar-refractivity contribution in [2.75, 3.05) is 0 Å². The highest BCUT2D eigenvalue weighted by molar-refractivity contribution is 9.10. The Bertz CT molecular complexity index is 456. The van der Waals surface area contributed by atoms with Gasteiger partial charge in [-0.15, -0.1) is 0 Å². The van der Waals surface area contributed by atoms with Gasteiger partial charge in [0.05, 0.1) is 9.40 Å². The average molecular weight is 299 g/mol. The normalized spacial score (nSPS) is 18.8. The first-order valence-electron chi connectivity index (χ1n) is 5.64. The van der Waals surface area contributed by atoms with E-state index in [1.807, 2.05) is 13.0 Å². The largest absolute Gasteiger partial charge is 0.327 e. The molecule has 1 unspecified atom stereocenters. The number of hydrogen-bond donors (Lipinski definition) is 1. The average Bonchev–Trinajstić information content (AvgIpc) is 3.02. The molecule has 2 rings (SSSR count). The minimum Gasteiger partial charge on any atom is -0.327 e. The lowest BCUT2D eigenvalue weighted by Crippen LogP contribution is -2.29. The summed E-state index contributed by atoms with van der Waals surface area (Å²) in [7, 11) is 0. The van der Waals surface area contributed by atoms with Crippen LogP contribution in [0.2, 0.25) is 0 Å². The molecule has 1 aliphatic carbocycles. The zero-order valence-electron chi connectivity index (χ0n) is 9.65. The fraction of sp³-hybridized carbons (Fsp3) is 0.500. The molecule has 0 spiro atoms. The van der Waals surface area contributed by atoms with E-state index in [-0.39, 0.29) is 22.1 Å². The highest BCUT2D eigenvalue weighted by Gasteiger charge is 2.46. The lowest BCUT2D eigenvalue weighted by molar-refractivity contribution is -0.385. The van der Waals surface area contributed by atoms with Crippen LogP contribution in [0.1, 0.15) is 25.3 Å². The number of nitro groups is 1. The summed E-state index contributed by atoms with van der Waals surface area (Å²) >= 11 is 3.33. The highest BCUT2D eigenvalue weighted by atomic mass is 79.9. The second-order valence-corrected chi connectivity index (χ2v) is 5.63. The Hall–Kier alpha value is -0.940. The zero-order valence-corrected chi connectivity index (χ0v) is 11.2. The van der Waals surface area contributed by atoms with Crippen molar-refractivity contribution in [1.29, 1.82) is 0 Å². The van der Waals surface area contributed by atoms with Crippen LogP contribution in [-0.4, -0.2) is 11.0 Å². The molecule has 0 saturated heterocycles. The number of nitrogens with two attached hydrogens (primary N) is 1. The van der Waals surface area contributed by atoms with Gasteiger partial charge in [0.1, 0.15) is 0 Å². The maximum Gasteiger partial charge on any atom is 0.283 e. The SMILES string of the molecule is CC(N)C1(Cc2cccc([N+](=O)[O-])c2Br)CC1. The molecule has 0 bridgehead atoms. The quantitative estimate of drug-likeness (QED) is 0.686. The van der Waals surface area contributed by atoms with Crippen LogP contribution in [0.4, 0.5) is 5.69 Å². The summed E-state index contributed by atoms with van der Waals surface area (Å²) in [6.45, 7) is 2.01. The first kappa shape index (κ1) is 12.5. The number of hydrogen-bond acceptors (Lipinski definition) is 3. The molecular weight excluding hydrogens is 284 g/mol. The van der Waals surface area contributed by atoms with Crippen LogP contribution in [0.5, 0.6) is 0 Å². The van der Waals surface area contributed by atoms with Crippen LogP contribution in [0.3, 0.4) is 0 Å². The highest BCUT2D eigenvalue weighted by Crippen LogP contribution is 2.51. The van der Waals surface area contributed by atoms with Crippen LogP contribution in [0, 0.1) is 15.5 Å². The molecule has 0 heterocycles. The van der Waals surface area contributed by atoms with E-state index < -0.39 is 0 Å². The van der Waals surface area contributed by atoms with E-state index >= 15 is 0 Å². The van der Waals surface area contributed by atoms with Crippen molar-refractivity contribution in [3.8, 4) is 0 Å². The molecule has 5 heteroatoms.